The predicted octanol–water partition coefficient (Wildman–Crippen LogP) is 2.99. The number of rotatable bonds is 4. The van der Waals surface area contributed by atoms with Crippen LogP contribution in [0.5, 0.6) is 0 Å². The quantitative estimate of drug-likeness (QED) is 0.915. The molecule has 0 amide bonds. The third-order valence-corrected chi connectivity index (χ3v) is 4.79. The van der Waals surface area contributed by atoms with Crippen LogP contribution in [0.2, 0.25) is 0 Å². The summed E-state index contributed by atoms with van der Waals surface area (Å²) in [6.45, 7) is 14.5. The Morgan fingerprint density at radius 3 is 2.80 bits per heavy atom. The molecule has 0 radical (unpaired) electrons. The highest BCUT2D eigenvalue weighted by atomic mass is 15.3. The first-order chi connectivity index (χ1) is 9.44. The van der Waals surface area contributed by atoms with Crippen molar-refractivity contribution in [1.82, 2.24) is 15.2 Å². The van der Waals surface area contributed by atoms with Crippen molar-refractivity contribution < 1.29 is 0 Å². The number of pyridine rings is 1. The van der Waals surface area contributed by atoms with Crippen molar-refractivity contribution in [2.75, 3.05) is 13.1 Å². The highest BCUT2D eigenvalue weighted by Crippen LogP contribution is 2.26. The van der Waals surface area contributed by atoms with Crippen molar-refractivity contribution in [3.63, 3.8) is 0 Å². The molecule has 0 saturated carbocycles. The smallest absolute Gasteiger partial charge is 0.0547 e. The van der Waals surface area contributed by atoms with Gasteiger partial charge in [0.1, 0.15) is 0 Å². The molecule has 1 saturated heterocycles. The van der Waals surface area contributed by atoms with Crippen molar-refractivity contribution in [1.29, 1.82) is 0 Å². The van der Waals surface area contributed by atoms with E-state index >= 15 is 0 Å². The third-order valence-electron chi connectivity index (χ3n) is 4.79. The summed E-state index contributed by atoms with van der Waals surface area (Å²) in [5, 5.41) is 3.73. The van der Waals surface area contributed by atoms with Crippen LogP contribution < -0.4 is 5.32 Å². The van der Waals surface area contributed by atoms with E-state index in [1.807, 2.05) is 0 Å². The molecule has 1 aromatic rings. The fourth-order valence-electron chi connectivity index (χ4n) is 2.92. The van der Waals surface area contributed by atoms with Crippen molar-refractivity contribution in [3.05, 3.63) is 29.6 Å². The molecular formula is C17H29N3. The first-order valence-electron chi connectivity index (χ1n) is 7.85. The van der Waals surface area contributed by atoms with E-state index in [1.54, 1.807) is 0 Å². The largest absolute Gasteiger partial charge is 0.311 e. The molecule has 3 nitrogen and oxygen atoms in total. The maximum absolute atomic E-state index is 4.67. The summed E-state index contributed by atoms with van der Waals surface area (Å²) < 4.78 is 0. The molecule has 2 heterocycles. The lowest BCUT2D eigenvalue weighted by Crippen LogP contribution is -2.63. The number of aryl methyl sites for hydroxylation is 1. The summed E-state index contributed by atoms with van der Waals surface area (Å²) in [6, 6.07) is 6.91. The number of aromatic nitrogens is 1. The van der Waals surface area contributed by atoms with Crippen LogP contribution in [-0.4, -0.2) is 34.6 Å². The lowest BCUT2D eigenvalue weighted by Gasteiger charge is -2.48. The summed E-state index contributed by atoms with van der Waals surface area (Å²) in [4.78, 5) is 7.30. The lowest BCUT2D eigenvalue weighted by atomic mass is 9.89. The van der Waals surface area contributed by atoms with E-state index in [9.17, 15) is 0 Å². The first kappa shape index (κ1) is 15.5. The van der Waals surface area contributed by atoms with Gasteiger partial charge in [0.05, 0.1) is 5.69 Å². The van der Waals surface area contributed by atoms with Gasteiger partial charge in [-0.2, -0.15) is 0 Å². The van der Waals surface area contributed by atoms with Crippen LogP contribution in [0.15, 0.2) is 18.2 Å². The molecule has 0 aliphatic carbocycles. The summed E-state index contributed by atoms with van der Waals surface area (Å²) in [5.41, 5.74) is 2.53. The maximum atomic E-state index is 4.67. The fraction of sp³-hybridized carbons (Fsp3) is 0.706. The summed E-state index contributed by atoms with van der Waals surface area (Å²) in [6.07, 6.45) is 1.16. The van der Waals surface area contributed by atoms with E-state index in [0.717, 1.165) is 31.7 Å². The van der Waals surface area contributed by atoms with Crippen LogP contribution in [0.1, 0.15) is 45.5 Å². The summed E-state index contributed by atoms with van der Waals surface area (Å²) in [7, 11) is 0. The number of nitrogens with one attached hydrogen (secondary N) is 1. The monoisotopic (exact) mass is 275 g/mol. The van der Waals surface area contributed by atoms with Gasteiger partial charge in [-0.25, -0.2) is 0 Å². The zero-order chi connectivity index (χ0) is 14.8. The van der Waals surface area contributed by atoms with Crippen LogP contribution in [0.25, 0.3) is 0 Å². The van der Waals surface area contributed by atoms with Crippen LogP contribution in [0.4, 0.5) is 0 Å². The summed E-state index contributed by atoms with van der Waals surface area (Å²) >= 11 is 0. The van der Waals surface area contributed by atoms with Gasteiger partial charge in [-0.05, 0) is 38.3 Å². The second kappa shape index (κ2) is 6.23. The zero-order valence-corrected chi connectivity index (χ0v) is 13.6. The molecule has 20 heavy (non-hydrogen) atoms. The Balaban J connectivity index is 2.15. The van der Waals surface area contributed by atoms with E-state index in [2.05, 4.69) is 68.0 Å². The molecule has 0 aromatic carbocycles. The molecule has 0 spiro atoms. The fourth-order valence-corrected chi connectivity index (χ4v) is 2.92. The highest BCUT2D eigenvalue weighted by molar-refractivity contribution is 5.11. The normalized spacial score (nSPS) is 28.0. The number of hydrogen-bond acceptors (Lipinski definition) is 3. The highest BCUT2D eigenvalue weighted by Gasteiger charge is 2.37. The molecule has 2 rings (SSSR count). The average molecular weight is 275 g/mol. The zero-order valence-electron chi connectivity index (χ0n) is 13.6. The van der Waals surface area contributed by atoms with Crippen LogP contribution in [-0.2, 0) is 6.54 Å². The van der Waals surface area contributed by atoms with Gasteiger partial charge in [0.15, 0.2) is 0 Å². The van der Waals surface area contributed by atoms with E-state index in [1.165, 1.54) is 5.69 Å². The van der Waals surface area contributed by atoms with Crippen molar-refractivity contribution in [2.24, 2.45) is 5.92 Å². The third kappa shape index (κ3) is 3.39. The van der Waals surface area contributed by atoms with Crippen molar-refractivity contribution >= 4 is 0 Å². The molecule has 2 atom stereocenters. The number of piperazine rings is 1. The Labute approximate surface area is 123 Å². The molecule has 1 aliphatic rings. The molecule has 112 valence electrons. The van der Waals surface area contributed by atoms with Gasteiger partial charge in [-0.3, -0.25) is 9.88 Å². The second-order valence-corrected chi connectivity index (χ2v) is 6.73. The van der Waals surface area contributed by atoms with Gasteiger partial charge in [-0.15, -0.1) is 0 Å². The molecular weight excluding hydrogens is 246 g/mol. The number of hydrogen-bond donors (Lipinski definition) is 1. The Morgan fingerprint density at radius 2 is 2.20 bits per heavy atom. The Kier molecular flexibility index (Phi) is 4.82. The van der Waals surface area contributed by atoms with Crippen molar-refractivity contribution in [2.45, 2.75) is 59.2 Å². The topological polar surface area (TPSA) is 28.2 Å². The standard InChI is InChI=1S/C17H29N3/c1-6-17(5)12-18-16(13(2)3)11-20(17)10-15-9-7-8-14(4)19-15/h7-9,13,16,18H,6,10-12H2,1-5H3. The lowest BCUT2D eigenvalue weighted by molar-refractivity contribution is 0.0306. The molecule has 0 bridgehead atoms. The van der Waals surface area contributed by atoms with Gasteiger partial charge in [0, 0.05) is 36.9 Å². The minimum absolute atomic E-state index is 0.233. The van der Waals surface area contributed by atoms with Gasteiger partial charge in [0.25, 0.3) is 0 Å². The van der Waals surface area contributed by atoms with Gasteiger partial charge in [-0.1, -0.05) is 26.8 Å². The summed E-state index contributed by atoms with van der Waals surface area (Å²) in [5.74, 6) is 0.671. The number of nitrogens with zero attached hydrogens (tertiary/aromatic N) is 2. The maximum Gasteiger partial charge on any atom is 0.0547 e. The van der Waals surface area contributed by atoms with Crippen LogP contribution in [0.3, 0.4) is 0 Å². The van der Waals surface area contributed by atoms with Crippen molar-refractivity contribution in [3.8, 4) is 0 Å². The average Bonchev–Trinajstić information content (AvgIpc) is 2.41. The van der Waals surface area contributed by atoms with Crippen LogP contribution in [0, 0.1) is 12.8 Å². The van der Waals surface area contributed by atoms with E-state index in [4.69, 9.17) is 0 Å². The van der Waals surface area contributed by atoms with E-state index < -0.39 is 0 Å². The van der Waals surface area contributed by atoms with Crippen LogP contribution >= 0.6 is 0 Å². The molecule has 1 aliphatic heterocycles. The predicted molar refractivity (Wildman–Crippen MR) is 84.7 cm³/mol. The molecule has 2 unspecified atom stereocenters. The van der Waals surface area contributed by atoms with E-state index in [0.29, 0.717) is 12.0 Å². The molecule has 1 fully saturated rings. The van der Waals surface area contributed by atoms with Gasteiger partial charge >= 0.3 is 0 Å². The Morgan fingerprint density at radius 1 is 1.45 bits per heavy atom. The van der Waals surface area contributed by atoms with Gasteiger partial charge < -0.3 is 5.32 Å². The Hall–Kier alpha value is -0.930. The molecule has 1 N–H and O–H groups in total. The Bertz CT molecular complexity index is 444. The van der Waals surface area contributed by atoms with Gasteiger partial charge in [0.2, 0.25) is 0 Å². The SMILES string of the molecule is CCC1(C)CNC(C(C)C)CN1Cc1cccc(C)n1. The first-order valence-corrected chi connectivity index (χ1v) is 7.85. The minimum atomic E-state index is 0.233. The minimum Gasteiger partial charge on any atom is -0.311 e. The van der Waals surface area contributed by atoms with E-state index in [-0.39, 0.29) is 5.54 Å². The molecule has 1 aromatic heterocycles. The second-order valence-electron chi connectivity index (χ2n) is 6.73. The molecule has 3 heteroatoms.